The van der Waals surface area contributed by atoms with Crippen molar-refractivity contribution in [2.24, 2.45) is 0 Å². The van der Waals surface area contributed by atoms with Crippen molar-refractivity contribution in [2.75, 3.05) is 0 Å². The molecule has 5 heteroatoms. The Hall–Kier alpha value is -2.95. The van der Waals surface area contributed by atoms with Crippen LogP contribution in [0.1, 0.15) is 42.1 Å². The molecule has 2 aromatic heterocycles. The van der Waals surface area contributed by atoms with Crippen molar-refractivity contribution >= 4 is 5.91 Å². The number of rotatable bonds is 5. The number of hydrogen-bond donors (Lipinski definition) is 1. The molecular formula is C21H22N4O. The number of carbonyl (C=O) groups excluding carboxylic acids is 1. The molecule has 0 fully saturated rings. The van der Waals surface area contributed by atoms with Gasteiger partial charge < -0.3 is 5.32 Å². The van der Waals surface area contributed by atoms with Gasteiger partial charge in [0, 0.05) is 18.2 Å². The van der Waals surface area contributed by atoms with Crippen molar-refractivity contribution in [3.8, 4) is 5.82 Å². The third kappa shape index (κ3) is 3.52. The minimum Gasteiger partial charge on any atom is -0.349 e. The van der Waals surface area contributed by atoms with E-state index >= 15 is 0 Å². The van der Waals surface area contributed by atoms with Crippen LogP contribution in [0, 0.1) is 0 Å². The molecule has 1 aliphatic carbocycles. The second kappa shape index (κ2) is 7.52. The SMILES string of the molecule is O=C(CCc1ccccc1)N[C@H]1CCCc2c1cnn2-c1ccccn1. The highest BCUT2D eigenvalue weighted by molar-refractivity contribution is 5.76. The molecule has 26 heavy (non-hydrogen) atoms. The molecule has 0 aliphatic heterocycles. The Morgan fingerprint density at radius 1 is 1.15 bits per heavy atom. The molecule has 1 N–H and O–H groups in total. The first-order chi connectivity index (χ1) is 12.8. The van der Waals surface area contributed by atoms with Crippen LogP contribution in [0.4, 0.5) is 0 Å². The molecule has 0 saturated heterocycles. The monoisotopic (exact) mass is 346 g/mol. The van der Waals surface area contributed by atoms with Crippen LogP contribution in [0.5, 0.6) is 0 Å². The smallest absolute Gasteiger partial charge is 0.220 e. The van der Waals surface area contributed by atoms with Gasteiger partial charge in [-0.25, -0.2) is 9.67 Å². The lowest BCUT2D eigenvalue weighted by Gasteiger charge is -2.24. The number of pyridine rings is 1. The largest absolute Gasteiger partial charge is 0.349 e. The topological polar surface area (TPSA) is 59.8 Å². The highest BCUT2D eigenvalue weighted by Crippen LogP contribution is 2.30. The number of nitrogens with zero attached hydrogens (tertiary/aromatic N) is 3. The van der Waals surface area contributed by atoms with Crippen molar-refractivity contribution in [2.45, 2.75) is 38.1 Å². The number of amides is 1. The summed E-state index contributed by atoms with van der Waals surface area (Å²) in [7, 11) is 0. The van der Waals surface area contributed by atoms with Gasteiger partial charge in [-0.15, -0.1) is 0 Å². The van der Waals surface area contributed by atoms with Crippen molar-refractivity contribution < 1.29 is 4.79 Å². The summed E-state index contributed by atoms with van der Waals surface area (Å²) >= 11 is 0. The van der Waals surface area contributed by atoms with E-state index in [0.717, 1.165) is 42.8 Å². The zero-order valence-electron chi connectivity index (χ0n) is 14.6. The Morgan fingerprint density at radius 2 is 2.00 bits per heavy atom. The van der Waals surface area contributed by atoms with Crippen LogP contribution in [-0.2, 0) is 17.6 Å². The Morgan fingerprint density at radius 3 is 2.81 bits per heavy atom. The second-order valence-electron chi connectivity index (χ2n) is 6.64. The van der Waals surface area contributed by atoms with Gasteiger partial charge >= 0.3 is 0 Å². The van der Waals surface area contributed by atoms with Gasteiger partial charge in [0.25, 0.3) is 0 Å². The van der Waals surface area contributed by atoms with E-state index in [1.54, 1.807) is 6.20 Å². The van der Waals surface area contributed by atoms with Crippen LogP contribution < -0.4 is 5.32 Å². The van der Waals surface area contributed by atoms with Gasteiger partial charge in [-0.1, -0.05) is 36.4 Å². The third-order valence-electron chi connectivity index (χ3n) is 4.87. The minimum absolute atomic E-state index is 0.0412. The normalized spacial score (nSPS) is 16.1. The lowest BCUT2D eigenvalue weighted by molar-refractivity contribution is -0.121. The van der Waals surface area contributed by atoms with Crippen LogP contribution in [0.25, 0.3) is 5.82 Å². The van der Waals surface area contributed by atoms with Gasteiger partial charge in [0.1, 0.15) is 0 Å². The van der Waals surface area contributed by atoms with Crippen molar-refractivity contribution in [3.63, 3.8) is 0 Å². The Balaban J connectivity index is 1.45. The minimum atomic E-state index is 0.0412. The van der Waals surface area contributed by atoms with Crippen LogP contribution in [0.3, 0.4) is 0 Å². The average molecular weight is 346 g/mol. The molecule has 0 spiro atoms. The van der Waals surface area contributed by atoms with Gasteiger partial charge in [-0.3, -0.25) is 4.79 Å². The Bertz CT molecular complexity index is 874. The summed E-state index contributed by atoms with van der Waals surface area (Å²) in [6, 6.07) is 16.0. The molecule has 2 heterocycles. The maximum atomic E-state index is 12.4. The summed E-state index contributed by atoms with van der Waals surface area (Å²) in [6.45, 7) is 0. The van der Waals surface area contributed by atoms with Crippen LogP contribution in [0.2, 0.25) is 0 Å². The highest BCUT2D eigenvalue weighted by Gasteiger charge is 2.26. The van der Waals surface area contributed by atoms with Gasteiger partial charge in [-0.05, 0) is 43.4 Å². The van der Waals surface area contributed by atoms with E-state index in [4.69, 9.17) is 0 Å². The van der Waals surface area contributed by atoms with Crippen molar-refractivity contribution in [3.05, 3.63) is 77.7 Å². The molecule has 0 radical (unpaired) electrons. The molecule has 4 rings (SSSR count). The van der Waals surface area contributed by atoms with Gasteiger partial charge in [-0.2, -0.15) is 5.10 Å². The maximum Gasteiger partial charge on any atom is 0.220 e. The van der Waals surface area contributed by atoms with E-state index in [-0.39, 0.29) is 11.9 Å². The van der Waals surface area contributed by atoms with Crippen LogP contribution >= 0.6 is 0 Å². The lowest BCUT2D eigenvalue weighted by Crippen LogP contribution is -2.31. The fraction of sp³-hybridized carbons (Fsp3) is 0.286. The fourth-order valence-electron chi connectivity index (χ4n) is 3.55. The molecule has 0 bridgehead atoms. The molecule has 5 nitrogen and oxygen atoms in total. The number of nitrogens with one attached hydrogen (secondary N) is 1. The molecule has 1 aliphatic rings. The third-order valence-corrected chi connectivity index (χ3v) is 4.87. The quantitative estimate of drug-likeness (QED) is 0.770. The van der Waals surface area contributed by atoms with Crippen molar-refractivity contribution in [1.29, 1.82) is 0 Å². The van der Waals surface area contributed by atoms with Crippen LogP contribution in [0.15, 0.2) is 60.9 Å². The Kier molecular flexibility index (Phi) is 4.78. The van der Waals surface area contributed by atoms with Gasteiger partial charge in [0.15, 0.2) is 5.82 Å². The molecule has 1 amide bonds. The zero-order chi connectivity index (χ0) is 17.8. The zero-order valence-corrected chi connectivity index (χ0v) is 14.6. The highest BCUT2D eigenvalue weighted by atomic mass is 16.1. The summed E-state index contributed by atoms with van der Waals surface area (Å²) < 4.78 is 1.90. The molecule has 0 unspecified atom stereocenters. The summed E-state index contributed by atoms with van der Waals surface area (Å²) in [6.07, 6.45) is 7.87. The van der Waals surface area contributed by atoms with E-state index in [2.05, 4.69) is 27.5 Å². The predicted molar refractivity (Wildman–Crippen MR) is 99.9 cm³/mol. The lowest BCUT2D eigenvalue weighted by atomic mass is 9.92. The van der Waals surface area contributed by atoms with E-state index in [1.165, 1.54) is 5.56 Å². The number of fused-ring (bicyclic) bond motifs is 1. The number of hydrogen-bond acceptors (Lipinski definition) is 3. The first kappa shape index (κ1) is 16.5. The van der Waals surface area contributed by atoms with Gasteiger partial charge in [0.2, 0.25) is 5.91 Å². The number of aromatic nitrogens is 3. The maximum absolute atomic E-state index is 12.4. The van der Waals surface area contributed by atoms with Crippen LogP contribution in [-0.4, -0.2) is 20.7 Å². The molecule has 1 atom stereocenters. The summed E-state index contributed by atoms with van der Waals surface area (Å²) in [5, 5.41) is 7.72. The standard InChI is InChI=1S/C21H22N4O/c26-21(13-12-16-7-2-1-3-8-16)24-18-9-6-10-19-17(18)15-23-25(19)20-11-4-5-14-22-20/h1-5,7-8,11,14-15,18H,6,9-10,12-13H2,(H,24,26)/t18-/m0/s1. The molecule has 3 aromatic rings. The summed E-state index contributed by atoms with van der Waals surface area (Å²) in [5.41, 5.74) is 3.47. The number of carbonyl (C=O) groups is 1. The van der Waals surface area contributed by atoms with E-state index in [0.29, 0.717) is 6.42 Å². The molecule has 132 valence electrons. The molecule has 0 saturated carbocycles. The molecule has 1 aromatic carbocycles. The Labute approximate surface area is 153 Å². The van der Waals surface area contributed by atoms with E-state index in [1.807, 2.05) is 47.3 Å². The average Bonchev–Trinajstić information content (AvgIpc) is 3.13. The second-order valence-corrected chi connectivity index (χ2v) is 6.64. The molecular weight excluding hydrogens is 324 g/mol. The number of aryl methyl sites for hydroxylation is 1. The summed E-state index contributed by atoms with van der Waals surface area (Å²) in [4.78, 5) is 16.8. The first-order valence-corrected chi connectivity index (χ1v) is 9.13. The first-order valence-electron chi connectivity index (χ1n) is 9.13. The van der Waals surface area contributed by atoms with Crippen molar-refractivity contribution in [1.82, 2.24) is 20.1 Å². The van der Waals surface area contributed by atoms with E-state index in [9.17, 15) is 4.79 Å². The number of benzene rings is 1. The fourth-order valence-corrected chi connectivity index (χ4v) is 3.55. The van der Waals surface area contributed by atoms with Gasteiger partial charge in [0.05, 0.1) is 17.9 Å². The predicted octanol–water partition coefficient (Wildman–Crippen LogP) is 3.39. The van der Waals surface area contributed by atoms with E-state index < -0.39 is 0 Å². The summed E-state index contributed by atoms with van der Waals surface area (Å²) in [5.74, 6) is 0.919.